The van der Waals surface area contributed by atoms with E-state index in [0.29, 0.717) is 0 Å². The van der Waals surface area contributed by atoms with Crippen molar-refractivity contribution in [2.45, 2.75) is 20.8 Å². The van der Waals surface area contributed by atoms with Gasteiger partial charge in [0.25, 0.3) is 0 Å². The first kappa shape index (κ1) is 12.2. The van der Waals surface area contributed by atoms with Crippen LogP contribution in [-0.4, -0.2) is 5.16 Å². The Balaban J connectivity index is 0.00000128. The molecule has 0 radical (unpaired) electrons. The van der Waals surface area contributed by atoms with Crippen LogP contribution in [0.5, 0.6) is 0 Å². The van der Waals surface area contributed by atoms with Gasteiger partial charge < -0.3 is 4.52 Å². The molecule has 1 heterocycles. The Labute approximate surface area is 96.6 Å². The van der Waals surface area contributed by atoms with Crippen molar-refractivity contribution in [3.8, 4) is 11.1 Å². The number of rotatable bonds is 3. The molecule has 0 aliphatic rings. The molecule has 2 heteroatoms. The van der Waals surface area contributed by atoms with E-state index < -0.39 is 0 Å². The Morgan fingerprint density at radius 1 is 1.38 bits per heavy atom. The van der Waals surface area contributed by atoms with E-state index in [2.05, 4.69) is 29.9 Å². The molecule has 0 atom stereocenters. The van der Waals surface area contributed by atoms with Crippen molar-refractivity contribution in [2.75, 3.05) is 0 Å². The second-order valence-corrected chi connectivity index (χ2v) is 3.75. The van der Waals surface area contributed by atoms with E-state index >= 15 is 0 Å². The van der Waals surface area contributed by atoms with Crippen LogP contribution in [0.25, 0.3) is 11.1 Å². The number of benzene rings is 1. The first-order chi connectivity index (χ1) is 7.25. The molecule has 0 unspecified atom stereocenters. The normalized spacial score (nSPS) is 9.56. The maximum Gasteiger partial charge on any atom is 0.131 e. The van der Waals surface area contributed by atoms with Gasteiger partial charge in [0.2, 0.25) is 0 Å². The van der Waals surface area contributed by atoms with Crippen molar-refractivity contribution in [2.24, 2.45) is 0 Å². The minimum absolute atomic E-state index is 0. The van der Waals surface area contributed by atoms with Crippen LogP contribution >= 0.6 is 0 Å². The van der Waals surface area contributed by atoms with E-state index in [-0.39, 0.29) is 7.43 Å². The standard InChI is InChI=1S/C13H13NO.CH4/c1-10(2)6-11-4-3-5-12(7-11)13-8-14-15-9-13;/h3-5,7-9H,1,6H2,2H3;1H4. The van der Waals surface area contributed by atoms with Crippen LogP contribution in [0.4, 0.5) is 0 Å². The summed E-state index contributed by atoms with van der Waals surface area (Å²) >= 11 is 0. The van der Waals surface area contributed by atoms with E-state index in [1.165, 1.54) is 5.56 Å². The van der Waals surface area contributed by atoms with E-state index in [0.717, 1.165) is 23.1 Å². The third kappa shape index (κ3) is 2.83. The smallest absolute Gasteiger partial charge is 0.131 e. The van der Waals surface area contributed by atoms with Crippen LogP contribution in [0.2, 0.25) is 0 Å². The highest BCUT2D eigenvalue weighted by atomic mass is 16.5. The summed E-state index contributed by atoms with van der Waals surface area (Å²) in [6.07, 6.45) is 4.29. The Bertz CT molecular complexity index is 457. The number of allylic oxidation sites excluding steroid dienone is 1. The Hall–Kier alpha value is -1.83. The molecule has 0 bridgehead atoms. The van der Waals surface area contributed by atoms with Crippen molar-refractivity contribution in [1.82, 2.24) is 5.16 Å². The quantitative estimate of drug-likeness (QED) is 0.720. The van der Waals surface area contributed by atoms with E-state index in [4.69, 9.17) is 4.52 Å². The summed E-state index contributed by atoms with van der Waals surface area (Å²) in [5.41, 5.74) is 4.58. The summed E-state index contributed by atoms with van der Waals surface area (Å²) in [5.74, 6) is 0. The molecule has 0 amide bonds. The van der Waals surface area contributed by atoms with Crippen LogP contribution in [0.1, 0.15) is 19.9 Å². The summed E-state index contributed by atoms with van der Waals surface area (Å²) < 4.78 is 4.82. The van der Waals surface area contributed by atoms with Crippen molar-refractivity contribution >= 4 is 0 Å². The van der Waals surface area contributed by atoms with Gasteiger partial charge in [0.15, 0.2) is 0 Å². The van der Waals surface area contributed by atoms with Gasteiger partial charge in [0.1, 0.15) is 6.26 Å². The molecule has 84 valence electrons. The molecule has 0 N–H and O–H groups in total. The second kappa shape index (κ2) is 5.31. The lowest BCUT2D eigenvalue weighted by Gasteiger charge is -2.02. The van der Waals surface area contributed by atoms with E-state index in [1.807, 2.05) is 13.0 Å². The van der Waals surface area contributed by atoms with Gasteiger partial charge in [-0.2, -0.15) is 0 Å². The Morgan fingerprint density at radius 3 is 2.81 bits per heavy atom. The van der Waals surface area contributed by atoms with Crippen LogP contribution in [0.3, 0.4) is 0 Å². The van der Waals surface area contributed by atoms with E-state index in [1.54, 1.807) is 12.5 Å². The molecule has 0 aliphatic heterocycles. The molecule has 0 fully saturated rings. The first-order valence-electron chi connectivity index (χ1n) is 4.89. The maximum absolute atomic E-state index is 4.82. The Morgan fingerprint density at radius 2 is 2.19 bits per heavy atom. The van der Waals surface area contributed by atoms with Crippen LogP contribution < -0.4 is 0 Å². The fourth-order valence-corrected chi connectivity index (χ4v) is 1.56. The molecule has 0 saturated heterocycles. The lowest BCUT2D eigenvalue weighted by Crippen LogP contribution is -1.85. The van der Waals surface area contributed by atoms with Crippen LogP contribution in [-0.2, 0) is 6.42 Å². The van der Waals surface area contributed by atoms with Gasteiger partial charge in [-0.05, 0) is 24.5 Å². The molecule has 2 nitrogen and oxygen atoms in total. The van der Waals surface area contributed by atoms with Gasteiger partial charge in [-0.3, -0.25) is 0 Å². The molecule has 0 spiro atoms. The molecule has 0 saturated carbocycles. The van der Waals surface area contributed by atoms with Gasteiger partial charge in [0.05, 0.1) is 6.20 Å². The summed E-state index contributed by atoms with van der Waals surface area (Å²) in [4.78, 5) is 0. The zero-order valence-corrected chi connectivity index (χ0v) is 8.73. The lowest BCUT2D eigenvalue weighted by molar-refractivity contribution is 0.420. The SMILES string of the molecule is C.C=C(C)Cc1cccc(-c2cnoc2)c1. The summed E-state index contributed by atoms with van der Waals surface area (Å²) in [7, 11) is 0. The van der Waals surface area contributed by atoms with Gasteiger partial charge >= 0.3 is 0 Å². The Kier molecular flexibility index (Phi) is 4.06. The van der Waals surface area contributed by atoms with E-state index in [9.17, 15) is 0 Å². The van der Waals surface area contributed by atoms with Crippen molar-refractivity contribution < 1.29 is 4.52 Å². The van der Waals surface area contributed by atoms with Gasteiger partial charge in [-0.1, -0.05) is 49.0 Å². The van der Waals surface area contributed by atoms with Crippen molar-refractivity contribution in [1.29, 1.82) is 0 Å². The highest BCUT2D eigenvalue weighted by molar-refractivity contribution is 5.61. The third-order valence-corrected chi connectivity index (χ3v) is 2.20. The largest absolute Gasteiger partial charge is 0.364 e. The lowest BCUT2D eigenvalue weighted by atomic mass is 10.0. The second-order valence-electron chi connectivity index (χ2n) is 3.75. The zero-order valence-electron chi connectivity index (χ0n) is 8.73. The van der Waals surface area contributed by atoms with Crippen LogP contribution in [0, 0.1) is 0 Å². The minimum Gasteiger partial charge on any atom is -0.364 e. The highest BCUT2D eigenvalue weighted by Gasteiger charge is 2.01. The van der Waals surface area contributed by atoms with Crippen molar-refractivity contribution in [3.05, 3.63) is 54.4 Å². The predicted molar refractivity (Wildman–Crippen MR) is 67.2 cm³/mol. The minimum atomic E-state index is 0. The number of hydrogen-bond acceptors (Lipinski definition) is 2. The molecule has 2 aromatic rings. The molecule has 16 heavy (non-hydrogen) atoms. The molecule has 1 aromatic carbocycles. The number of hydrogen-bond donors (Lipinski definition) is 0. The molecular formula is C14H17NO. The third-order valence-electron chi connectivity index (χ3n) is 2.20. The first-order valence-corrected chi connectivity index (χ1v) is 4.89. The predicted octanol–water partition coefficient (Wildman–Crippen LogP) is 4.10. The molecular weight excluding hydrogens is 198 g/mol. The van der Waals surface area contributed by atoms with Gasteiger partial charge in [-0.15, -0.1) is 0 Å². The van der Waals surface area contributed by atoms with Crippen molar-refractivity contribution in [3.63, 3.8) is 0 Å². The number of nitrogens with zero attached hydrogens (tertiary/aromatic N) is 1. The fourth-order valence-electron chi connectivity index (χ4n) is 1.56. The summed E-state index contributed by atoms with van der Waals surface area (Å²) in [6, 6.07) is 8.34. The average molecular weight is 215 g/mol. The van der Waals surface area contributed by atoms with Crippen LogP contribution in [0.15, 0.2) is 53.4 Å². The average Bonchev–Trinajstić information content (AvgIpc) is 2.69. The topological polar surface area (TPSA) is 26.0 Å². The monoisotopic (exact) mass is 215 g/mol. The summed E-state index contributed by atoms with van der Waals surface area (Å²) in [6.45, 7) is 5.95. The molecule has 2 rings (SSSR count). The summed E-state index contributed by atoms with van der Waals surface area (Å²) in [5, 5.41) is 3.70. The van der Waals surface area contributed by atoms with Gasteiger partial charge in [-0.25, -0.2) is 0 Å². The highest BCUT2D eigenvalue weighted by Crippen LogP contribution is 2.20. The fraction of sp³-hybridized carbons (Fsp3) is 0.214. The molecule has 0 aliphatic carbocycles. The molecule has 1 aromatic heterocycles. The number of aromatic nitrogens is 1. The maximum atomic E-state index is 4.82. The van der Waals surface area contributed by atoms with Gasteiger partial charge in [0, 0.05) is 5.56 Å². The zero-order chi connectivity index (χ0) is 10.7.